The number of benzene rings is 1. The molecule has 1 aromatic carbocycles. The molecule has 0 aromatic heterocycles. The van der Waals surface area contributed by atoms with Crippen molar-refractivity contribution >= 4 is 17.8 Å². The Morgan fingerprint density at radius 3 is 2.59 bits per heavy atom. The van der Waals surface area contributed by atoms with E-state index in [1.54, 1.807) is 18.9 Å². The maximum atomic E-state index is 13.2. The molecule has 3 aliphatic rings. The number of imide groups is 1. The second-order valence-electron chi connectivity index (χ2n) is 9.20. The Labute approximate surface area is 172 Å². The number of nitrogens with zero attached hydrogens (tertiary/aromatic N) is 2. The van der Waals surface area contributed by atoms with E-state index in [0.29, 0.717) is 5.92 Å². The molecule has 0 radical (unpaired) electrons. The monoisotopic (exact) mass is 397 g/mol. The third-order valence-corrected chi connectivity index (χ3v) is 7.17. The minimum atomic E-state index is -1.12. The van der Waals surface area contributed by atoms with Gasteiger partial charge in [0, 0.05) is 13.1 Å². The molecular formula is C23H31N3O3. The highest BCUT2D eigenvalue weighted by Crippen LogP contribution is 2.33. The minimum absolute atomic E-state index is 0.175. The molecule has 156 valence electrons. The molecule has 1 N–H and O–H groups in total. The maximum Gasteiger partial charge on any atom is 0.325 e. The van der Waals surface area contributed by atoms with Crippen LogP contribution in [-0.2, 0) is 28.0 Å². The molecule has 4 amide bonds. The van der Waals surface area contributed by atoms with Gasteiger partial charge in [0.2, 0.25) is 5.91 Å². The number of likely N-dealkylation sites (N-methyl/N-ethyl adjacent to an activating group) is 1. The van der Waals surface area contributed by atoms with E-state index in [1.807, 2.05) is 12.1 Å². The summed E-state index contributed by atoms with van der Waals surface area (Å²) >= 11 is 0. The largest absolute Gasteiger partial charge is 0.341 e. The summed E-state index contributed by atoms with van der Waals surface area (Å²) < 4.78 is 0. The van der Waals surface area contributed by atoms with E-state index in [1.165, 1.54) is 11.1 Å². The van der Waals surface area contributed by atoms with Crippen LogP contribution in [0.4, 0.5) is 4.79 Å². The number of hydrogen-bond acceptors (Lipinski definition) is 3. The Bertz CT molecular complexity index is 844. The number of carbonyl (C=O) groups excluding carboxylic acids is 3. The van der Waals surface area contributed by atoms with Crippen molar-refractivity contribution < 1.29 is 14.4 Å². The third kappa shape index (κ3) is 3.53. The SMILES string of the molecule is CC1CCC(N(C)C(=O)CN2C(=O)NC(C)(c3ccc4c(c3)CCC4)C2=O)CC1. The molecule has 1 saturated carbocycles. The lowest BCUT2D eigenvalue weighted by atomic mass is 9.87. The van der Waals surface area contributed by atoms with Crippen LogP contribution in [-0.4, -0.2) is 47.3 Å². The topological polar surface area (TPSA) is 69.7 Å². The molecule has 1 heterocycles. The van der Waals surface area contributed by atoms with Crippen molar-refractivity contribution in [3.8, 4) is 0 Å². The molecule has 0 bridgehead atoms. The molecule has 1 atom stereocenters. The first-order valence-electron chi connectivity index (χ1n) is 10.8. The number of carbonyl (C=O) groups is 3. The molecular weight excluding hydrogens is 366 g/mol. The van der Waals surface area contributed by atoms with Crippen LogP contribution in [0.3, 0.4) is 0 Å². The number of hydrogen-bond donors (Lipinski definition) is 1. The average molecular weight is 398 g/mol. The van der Waals surface area contributed by atoms with Crippen molar-refractivity contribution in [3.05, 3.63) is 34.9 Å². The van der Waals surface area contributed by atoms with Gasteiger partial charge in [0.05, 0.1) is 0 Å². The Balaban J connectivity index is 1.47. The fourth-order valence-electron chi connectivity index (χ4n) is 5.00. The first kappa shape index (κ1) is 19.9. The Morgan fingerprint density at radius 2 is 1.86 bits per heavy atom. The third-order valence-electron chi connectivity index (χ3n) is 7.17. The Hall–Kier alpha value is -2.37. The van der Waals surface area contributed by atoms with Crippen LogP contribution >= 0.6 is 0 Å². The van der Waals surface area contributed by atoms with Gasteiger partial charge in [-0.25, -0.2) is 4.79 Å². The van der Waals surface area contributed by atoms with Crippen molar-refractivity contribution in [2.75, 3.05) is 13.6 Å². The molecule has 0 spiro atoms. The minimum Gasteiger partial charge on any atom is -0.341 e. The van der Waals surface area contributed by atoms with E-state index in [4.69, 9.17) is 0 Å². The van der Waals surface area contributed by atoms with Gasteiger partial charge in [-0.3, -0.25) is 14.5 Å². The van der Waals surface area contributed by atoms with Gasteiger partial charge in [-0.1, -0.05) is 25.1 Å². The summed E-state index contributed by atoms with van der Waals surface area (Å²) in [5.74, 6) is 0.180. The van der Waals surface area contributed by atoms with E-state index in [9.17, 15) is 14.4 Å². The van der Waals surface area contributed by atoms with Gasteiger partial charge in [0.1, 0.15) is 12.1 Å². The van der Waals surface area contributed by atoms with Crippen LogP contribution in [0.2, 0.25) is 0 Å². The average Bonchev–Trinajstić information content (AvgIpc) is 3.26. The summed E-state index contributed by atoms with van der Waals surface area (Å²) in [4.78, 5) is 41.4. The standard InChI is InChI=1S/C23H31N3O3/c1-15-7-11-19(12-8-15)25(3)20(27)14-26-21(28)23(2,24-22(26)29)18-10-9-16-5-4-6-17(16)13-18/h9-10,13,15,19H,4-8,11-12,14H2,1-3H3,(H,24,29). The van der Waals surface area contributed by atoms with E-state index in [-0.39, 0.29) is 24.4 Å². The summed E-state index contributed by atoms with van der Waals surface area (Å²) in [6, 6.07) is 5.75. The second-order valence-corrected chi connectivity index (χ2v) is 9.20. The van der Waals surface area contributed by atoms with Crippen LogP contribution in [0, 0.1) is 5.92 Å². The maximum absolute atomic E-state index is 13.2. The van der Waals surface area contributed by atoms with Gasteiger partial charge >= 0.3 is 6.03 Å². The smallest absolute Gasteiger partial charge is 0.325 e. The highest BCUT2D eigenvalue weighted by Gasteiger charge is 2.50. The fourth-order valence-corrected chi connectivity index (χ4v) is 5.00. The molecule has 2 aliphatic carbocycles. The predicted molar refractivity (Wildman–Crippen MR) is 110 cm³/mol. The quantitative estimate of drug-likeness (QED) is 0.794. The van der Waals surface area contributed by atoms with Gasteiger partial charge in [0.15, 0.2) is 0 Å². The zero-order chi connectivity index (χ0) is 20.8. The van der Waals surface area contributed by atoms with Crippen molar-refractivity contribution in [1.29, 1.82) is 0 Å². The van der Waals surface area contributed by atoms with Crippen molar-refractivity contribution in [2.24, 2.45) is 5.92 Å². The van der Waals surface area contributed by atoms with Gasteiger partial charge in [-0.2, -0.15) is 0 Å². The van der Waals surface area contributed by atoms with Gasteiger partial charge in [-0.15, -0.1) is 0 Å². The van der Waals surface area contributed by atoms with E-state index in [2.05, 4.69) is 18.3 Å². The van der Waals surface area contributed by atoms with Crippen LogP contribution in [0.25, 0.3) is 0 Å². The zero-order valence-corrected chi connectivity index (χ0v) is 17.7. The van der Waals surface area contributed by atoms with Crippen LogP contribution < -0.4 is 5.32 Å². The normalized spacial score (nSPS) is 29.0. The van der Waals surface area contributed by atoms with Crippen molar-refractivity contribution in [3.63, 3.8) is 0 Å². The van der Waals surface area contributed by atoms with Gasteiger partial charge in [-0.05, 0) is 74.5 Å². The lowest BCUT2D eigenvalue weighted by Crippen LogP contribution is -2.47. The summed E-state index contributed by atoms with van der Waals surface area (Å²) in [5.41, 5.74) is 2.26. The number of fused-ring (bicyclic) bond motifs is 1. The summed E-state index contributed by atoms with van der Waals surface area (Å²) in [6.45, 7) is 3.78. The van der Waals surface area contributed by atoms with Crippen molar-refractivity contribution in [1.82, 2.24) is 15.1 Å². The lowest BCUT2D eigenvalue weighted by molar-refractivity contribution is -0.139. The van der Waals surface area contributed by atoms with Crippen LogP contribution in [0.1, 0.15) is 62.6 Å². The summed E-state index contributed by atoms with van der Waals surface area (Å²) in [5, 5.41) is 2.83. The zero-order valence-electron chi connectivity index (χ0n) is 17.7. The van der Waals surface area contributed by atoms with Gasteiger partial charge < -0.3 is 10.2 Å². The van der Waals surface area contributed by atoms with Crippen LogP contribution in [0.5, 0.6) is 0 Å². The molecule has 1 aliphatic heterocycles. The first-order valence-corrected chi connectivity index (χ1v) is 10.8. The molecule has 29 heavy (non-hydrogen) atoms. The van der Waals surface area contributed by atoms with E-state index in [0.717, 1.165) is 55.4 Å². The van der Waals surface area contributed by atoms with E-state index >= 15 is 0 Å². The number of rotatable bonds is 4. The Morgan fingerprint density at radius 1 is 1.17 bits per heavy atom. The summed E-state index contributed by atoms with van der Waals surface area (Å²) in [6.07, 6.45) is 7.40. The molecule has 6 nitrogen and oxygen atoms in total. The molecule has 6 heteroatoms. The number of amides is 4. The highest BCUT2D eigenvalue weighted by atomic mass is 16.2. The molecule has 1 unspecified atom stereocenters. The fraction of sp³-hybridized carbons (Fsp3) is 0.609. The van der Waals surface area contributed by atoms with Crippen LogP contribution in [0.15, 0.2) is 18.2 Å². The molecule has 1 aromatic rings. The molecule has 2 fully saturated rings. The Kier molecular flexibility index (Phi) is 5.13. The number of urea groups is 1. The molecule has 1 saturated heterocycles. The molecule has 4 rings (SSSR count). The van der Waals surface area contributed by atoms with Crippen molar-refractivity contribution in [2.45, 2.75) is 70.4 Å². The van der Waals surface area contributed by atoms with Gasteiger partial charge in [0.25, 0.3) is 5.91 Å². The number of aryl methyl sites for hydroxylation is 2. The van der Waals surface area contributed by atoms with E-state index < -0.39 is 11.6 Å². The first-order chi connectivity index (χ1) is 13.8. The summed E-state index contributed by atoms with van der Waals surface area (Å²) in [7, 11) is 1.79. The predicted octanol–water partition coefficient (Wildman–Crippen LogP) is 2.98. The lowest BCUT2D eigenvalue weighted by Gasteiger charge is -2.34. The highest BCUT2D eigenvalue weighted by molar-refractivity contribution is 6.09. The number of nitrogens with one attached hydrogen (secondary N) is 1. The second kappa shape index (κ2) is 7.47.